The zero-order valence-electron chi connectivity index (χ0n) is 23.4. The fraction of sp³-hybridized carbons (Fsp3) is 0.517. The standard InChI is InChI=1S/C29H43N3O4S/c1-8-27(29(34)30-19-21(2)3)31(20-25-13-10-9-12-23(25)5)28(33)14-11-17-32(37(7,35)36)26-16-15-22(4)24(6)18-26/h9-10,12-13,15-16,18,21,27H,8,11,14,17,19-20H2,1-7H3,(H,30,34)/t27-/m0/s1. The van der Waals surface area contributed by atoms with Crippen molar-refractivity contribution in [3.63, 3.8) is 0 Å². The SMILES string of the molecule is CC[C@@H](C(=O)NCC(C)C)N(Cc1ccccc1C)C(=O)CCCN(c1ccc(C)c(C)c1)S(C)(=O)=O. The number of sulfonamides is 1. The summed E-state index contributed by atoms with van der Waals surface area (Å²) >= 11 is 0. The van der Waals surface area contributed by atoms with Gasteiger partial charge in [0.05, 0.1) is 11.9 Å². The normalized spacial score (nSPS) is 12.3. The molecule has 2 aromatic carbocycles. The third-order valence-corrected chi connectivity index (χ3v) is 7.80. The van der Waals surface area contributed by atoms with Crippen LogP contribution in [0.1, 0.15) is 62.3 Å². The first kappa shape index (κ1) is 30.4. The van der Waals surface area contributed by atoms with Gasteiger partial charge in [-0.05, 0) is 73.9 Å². The molecule has 0 aliphatic carbocycles. The van der Waals surface area contributed by atoms with E-state index in [1.807, 2.05) is 77.9 Å². The third kappa shape index (κ3) is 8.88. The van der Waals surface area contributed by atoms with Gasteiger partial charge in [0.15, 0.2) is 0 Å². The van der Waals surface area contributed by atoms with Gasteiger partial charge in [0.2, 0.25) is 21.8 Å². The van der Waals surface area contributed by atoms with Crippen molar-refractivity contribution in [3.05, 3.63) is 64.7 Å². The lowest BCUT2D eigenvalue weighted by atomic mass is 10.0. The predicted molar refractivity (Wildman–Crippen MR) is 151 cm³/mol. The molecule has 204 valence electrons. The lowest BCUT2D eigenvalue weighted by Gasteiger charge is -2.31. The Kier molecular flexibility index (Phi) is 11.2. The van der Waals surface area contributed by atoms with Gasteiger partial charge in [0.25, 0.3) is 0 Å². The van der Waals surface area contributed by atoms with Crippen molar-refractivity contribution in [3.8, 4) is 0 Å². The van der Waals surface area contributed by atoms with Crippen molar-refractivity contribution in [2.24, 2.45) is 5.92 Å². The van der Waals surface area contributed by atoms with Gasteiger partial charge in [-0.1, -0.05) is 51.1 Å². The second kappa shape index (κ2) is 13.6. The van der Waals surface area contributed by atoms with Crippen molar-refractivity contribution in [2.45, 2.75) is 73.4 Å². The first-order valence-corrected chi connectivity index (χ1v) is 14.9. The molecule has 0 aromatic heterocycles. The Morgan fingerprint density at radius 2 is 1.65 bits per heavy atom. The average Bonchev–Trinajstić information content (AvgIpc) is 2.82. The molecular weight excluding hydrogens is 486 g/mol. The first-order chi connectivity index (χ1) is 17.3. The molecule has 0 heterocycles. The van der Waals surface area contributed by atoms with E-state index in [9.17, 15) is 18.0 Å². The monoisotopic (exact) mass is 529 g/mol. The summed E-state index contributed by atoms with van der Waals surface area (Å²) in [5, 5.41) is 2.97. The van der Waals surface area contributed by atoms with Crippen LogP contribution in [0.5, 0.6) is 0 Å². The minimum atomic E-state index is -3.53. The lowest BCUT2D eigenvalue weighted by molar-refractivity contribution is -0.141. The number of carbonyl (C=O) groups excluding carboxylic acids is 2. The molecule has 8 heteroatoms. The molecule has 0 saturated heterocycles. The molecule has 37 heavy (non-hydrogen) atoms. The van der Waals surface area contributed by atoms with Crippen LogP contribution >= 0.6 is 0 Å². The van der Waals surface area contributed by atoms with Crippen LogP contribution in [0, 0.1) is 26.7 Å². The van der Waals surface area contributed by atoms with Crippen LogP contribution in [-0.4, -0.2) is 50.5 Å². The molecule has 2 rings (SSSR count). The quantitative estimate of drug-likeness (QED) is 0.406. The highest BCUT2D eigenvalue weighted by Crippen LogP contribution is 2.23. The maximum atomic E-state index is 13.5. The van der Waals surface area contributed by atoms with Crippen LogP contribution in [0.4, 0.5) is 5.69 Å². The van der Waals surface area contributed by atoms with E-state index in [-0.39, 0.29) is 24.8 Å². The average molecular weight is 530 g/mol. The van der Waals surface area contributed by atoms with E-state index in [4.69, 9.17) is 0 Å². The highest BCUT2D eigenvalue weighted by atomic mass is 32.2. The van der Waals surface area contributed by atoms with E-state index in [1.54, 1.807) is 11.0 Å². The smallest absolute Gasteiger partial charge is 0.242 e. The summed E-state index contributed by atoms with van der Waals surface area (Å²) in [7, 11) is -3.53. The molecule has 0 saturated carbocycles. The number of carbonyl (C=O) groups is 2. The number of aryl methyl sites for hydroxylation is 3. The van der Waals surface area contributed by atoms with Gasteiger partial charge in [0.1, 0.15) is 6.04 Å². The van der Waals surface area contributed by atoms with Crippen LogP contribution in [0.3, 0.4) is 0 Å². The molecule has 0 fully saturated rings. The van der Waals surface area contributed by atoms with E-state index >= 15 is 0 Å². The minimum Gasteiger partial charge on any atom is -0.354 e. The van der Waals surface area contributed by atoms with Crippen LogP contribution in [0.25, 0.3) is 0 Å². The number of hydrogen-bond acceptors (Lipinski definition) is 4. The largest absolute Gasteiger partial charge is 0.354 e. The maximum absolute atomic E-state index is 13.5. The van der Waals surface area contributed by atoms with Gasteiger partial charge in [-0.2, -0.15) is 0 Å². The zero-order chi connectivity index (χ0) is 27.8. The Bertz CT molecular complexity index is 1180. The number of rotatable bonds is 13. The van der Waals surface area contributed by atoms with Crippen LogP contribution in [0.2, 0.25) is 0 Å². The van der Waals surface area contributed by atoms with Crippen molar-refractivity contribution >= 4 is 27.5 Å². The Balaban J connectivity index is 2.24. The number of nitrogens with one attached hydrogen (secondary N) is 1. The van der Waals surface area contributed by atoms with E-state index in [0.29, 0.717) is 37.5 Å². The predicted octanol–water partition coefficient (Wildman–Crippen LogP) is 4.74. The summed E-state index contributed by atoms with van der Waals surface area (Å²) in [5.74, 6) is -0.0243. The summed E-state index contributed by atoms with van der Waals surface area (Å²) in [6, 6.07) is 12.8. The maximum Gasteiger partial charge on any atom is 0.242 e. The van der Waals surface area contributed by atoms with E-state index in [2.05, 4.69) is 5.32 Å². The van der Waals surface area contributed by atoms with Gasteiger partial charge in [-0.15, -0.1) is 0 Å². The summed E-state index contributed by atoms with van der Waals surface area (Å²) < 4.78 is 26.5. The van der Waals surface area contributed by atoms with Gasteiger partial charge >= 0.3 is 0 Å². The molecule has 0 aliphatic rings. The van der Waals surface area contributed by atoms with Gasteiger partial charge in [-0.3, -0.25) is 13.9 Å². The Hall–Kier alpha value is -2.87. The van der Waals surface area contributed by atoms with E-state index in [1.165, 1.54) is 10.6 Å². The minimum absolute atomic E-state index is 0.136. The molecular formula is C29H43N3O4S. The molecule has 0 spiro atoms. The van der Waals surface area contributed by atoms with Crippen molar-refractivity contribution in [2.75, 3.05) is 23.7 Å². The van der Waals surface area contributed by atoms with Crippen LogP contribution < -0.4 is 9.62 Å². The Labute approximate surface area is 223 Å². The second-order valence-electron chi connectivity index (χ2n) is 10.2. The van der Waals surface area contributed by atoms with Crippen molar-refractivity contribution in [1.29, 1.82) is 0 Å². The fourth-order valence-electron chi connectivity index (χ4n) is 4.20. The van der Waals surface area contributed by atoms with E-state index < -0.39 is 16.1 Å². The Morgan fingerprint density at radius 1 is 0.973 bits per heavy atom. The van der Waals surface area contributed by atoms with E-state index in [0.717, 1.165) is 22.3 Å². The van der Waals surface area contributed by atoms with Gasteiger partial charge in [-0.25, -0.2) is 8.42 Å². The zero-order valence-corrected chi connectivity index (χ0v) is 24.2. The number of nitrogens with zero attached hydrogens (tertiary/aromatic N) is 2. The lowest BCUT2D eigenvalue weighted by Crippen LogP contribution is -2.49. The number of hydrogen-bond donors (Lipinski definition) is 1. The molecule has 2 aromatic rings. The summed E-state index contributed by atoms with van der Waals surface area (Å²) in [6.07, 6.45) is 2.14. The van der Waals surface area contributed by atoms with Crippen molar-refractivity contribution in [1.82, 2.24) is 10.2 Å². The molecule has 7 nitrogen and oxygen atoms in total. The molecule has 0 bridgehead atoms. The highest BCUT2D eigenvalue weighted by molar-refractivity contribution is 7.92. The fourth-order valence-corrected chi connectivity index (χ4v) is 5.15. The molecule has 1 atom stereocenters. The highest BCUT2D eigenvalue weighted by Gasteiger charge is 2.29. The Morgan fingerprint density at radius 3 is 2.22 bits per heavy atom. The van der Waals surface area contributed by atoms with Crippen LogP contribution in [-0.2, 0) is 26.2 Å². The third-order valence-electron chi connectivity index (χ3n) is 6.60. The van der Waals surface area contributed by atoms with Crippen LogP contribution in [0.15, 0.2) is 42.5 Å². The molecule has 2 amide bonds. The van der Waals surface area contributed by atoms with Gasteiger partial charge < -0.3 is 10.2 Å². The topological polar surface area (TPSA) is 86.8 Å². The second-order valence-corrected chi connectivity index (χ2v) is 12.1. The molecule has 0 aliphatic heterocycles. The number of benzene rings is 2. The summed E-state index contributed by atoms with van der Waals surface area (Å²) in [4.78, 5) is 28.3. The summed E-state index contributed by atoms with van der Waals surface area (Å²) in [5.41, 5.74) is 4.72. The van der Waals surface area contributed by atoms with Crippen molar-refractivity contribution < 1.29 is 18.0 Å². The molecule has 0 radical (unpaired) electrons. The summed E-state index contributed by atoms with van der Waals surface area (Å²) in [6.45, 7) is 12.9. The molecule has 0 unspecified atom stereocenters. The number of amides is 2. The van der Waals surface area contributed by atoms with Gasteiger partial charge in [0, 0.05) is 26.1 Å². The first-order valence-electron chi connectivity index (χ1n) is 13.0. The number of anilines is 1. The molecule has 1 N–H and O–H groups in total.